The number of rotatable bonds is 0. The molecule has 0 unspecified atom stereocenters. The molecule has 0 bridgehead atoms. The number of aliphatic hydroxyl groups is 1. The van der Waals surface area contributed by atoms with Crippen LogP contribution in [-0.2, 0) is 4.74 Å². The van der Waals surface area contributed by atoms with E-state index < -0.39 is 6.10 Å². The van der Waals surface area contributed by atoms with Gasteiger partial charge in [0.1, 0.15) is 0 Å². The zero-order valence-corrected chi connectivity index (χ0v) is 11.4. The standard InChI is InChI=1S/C15H24O2/c1-11-6-5-8-15(4)13(17-15)10-14(2,3)9-7-12(11)16/h6-7,9,12-13,16H,5,8,10H2,1-4H3/b9-7-,11-6+/t12-,13-,15-/m1/s1. The maximum absolute atomic E-state index is 9.98. The monoisotopic (exact) mass is 236 g/mol. The largest absolute Gasteiger partial charge is 0.385 e. The molecule has 0 spiro atoms. The van der Waals surface area contributed by atoms with Gasteiger partial charge in [-0.2, -0.15) is 0 Å². The lowest BCUT2D eigenvalue weighted by Gasteiger charge is -2.20. The van der Waals surface area contributed by atoms with Crippen molar-refractivity contribution < 1.29 is 9.84 Å². The molecule has 17 heavy (non-hydrogen) atoms. The first kappa shape index (κ1) is 12.8. The summed E-state index contributed by atoms with van der Waals surface area (Å²) in [5.41, 5.74) is 1.20. The summed E-state index contributed by atoms with van der Waals surface area (Å²) < 4.78 is 5.85. The fourth-order valence-electron chi connectivity index (χ4n) is 2.52. The van der Waals surface area contributed by atoms with E-state index in [0.29, 0.717) is 6.10 Å². The van der Waals surface area contributed by atoms with Gasteiger partial charge >= 0.3 is 0 Å². The zero-order valence-electron chi connectivity index (χ0n) is 11.4. The van der Waals surface area contributed by atoms with Crippen molar-refractivity contribution in [1.82, 2.24) is 0 Å². The predicted molar refractivity (Wildman–Crippen MR) is 69.8 cm³/mol. The molecule has 3 atom stereocenters. The molecule has 0 aromatic rings. The topological polar surface area (TPSA) is 32.8 Å². The highest BCUT2D eigenvalue weighted by atomic mass is 16.6. The van der Waals surface area contributed by atoms with Crippen LogP contribution in [0.15, 0.2) is 23.8 Å². The molecule has 1 fully saturated rings. The molecule has 0 radical (unpaired) electrons. The highest BCUT2D eigenvalue weighted by Crippen LogP contribution is 2.46. The third-order valence-electron chi connectivity index (χ3n) is 4.05. The normalized spacial score (nSPS) is 46.1. The summed E-state index contributed by atoms with van der Waals surface area (Å²) in [7, 11) is 0. The van der Waals surface area contributed by atoms with E-state index in [1.54, 1.807) is 0 Å². The number of allylic oxidation sites excluding steroid dienone is 2. The molecule has 1 saturated heterocycles. The van der Waals surface area contributed by atoms with Gasteiger partial charge in [0.05, 0.1) is 17.8 Å². The number of ether oxygens (including phenoxy) is 1. The number of fused-ring (bicyclic) bond motifs is 1. The van der Waals surface area contributed by atoms with Gasteiger partial charge in [0.25, 0.3) is 0 Å². The summed E-state index contributed by atoms with van der Waals surface area (Å²) >= 11 is 0. The summed E-state index contributed by atoms with van der Waals surface area (Å²) in [6, 6.07) is 0. The van der Waals surface area contributed by atoms with Crippen molar-refractivity contribution >= 4 is 0 Å². The Morgan fingerprint density at radius 2 is 2.06 bits per heavy atom. The van der Waals surface area contributed by atoms with Gasteiger partial charge in [-0.1, -0.05) is 32.1 Å². The molecule has 2 heteroatoms. The minimum Gasteiger partial charge on any atom is -0.385 e. The van der Waals surface area contributed by atoms with Crippen LogP contribution in [0.5, 0.6) is 0 Å². The summed E-state index contributed by atoms with van der Waals surface area (Å²) in [6.45, 7) is 8.60. The van der Waals surface area contributed by atoms with Gasteiger partial charge in [-0.05, 0) is 44.1 Å². The van der Waals surface area contributed by atoms with E-state index in [9.17, 15) is 5.11 Å². The Hall–Kier alpha value is -0.600. The van der Waals surface area contributed by atoms with Crippen LogP contribution in [0.25, 0.3) is 0 Å². The van der Waals surface area contributed by atoms with E-state index in [1.165, 1.54) is 0 Å². The van der Waals surface area contributed by atoms with Crippen LogP contribution in [0.2, 0.25) is 0 Å². The SMILES string of the molecule is C/C1=C\CC[C@@]2(C)O[C@@H]2CC(C)(C)/C=C\[C@H]1O. The average Bonchev–Trinajstić information content (AvgIpc) is 2.83. The molecule has 96 valence electrons. The lowest BCUT2D eigenvalue weighted by Crippen LogP contribution is -2.17. The lowest BCUT2D eigenvalue weighted by atomic mass is 9.84. The van der Waals surface area contributed by atoms with E-state index in [4.69, 9.17) is 4.74 Å². The lowest BCUT2D eigenvalue weighted by molar-refractivity contribution is 0.252. The summed E-state index contributed by atoms with van der Waals surface area (Å²) in [5, 5.41) is 9.98. The Balaban J connectivity index is 2.18. The second-order valence-corrected chi connectivity index (χ2v) is 6.40. The minimum atomic E-state index is -0.433. The van der Waals surface area contributed by atoms with Crippen LogP contribution in [0.4, 0.5) is 0 Å². The molecule has 0 aromatic heterocycles. The Kier molecular flexibility index (Phi) is 3.21. The van der Waals surface area contributed by atoms with E-state index in [1.807, 2.05) is 13.0 Å². The Morgan fingerprint density at radius 3 is 2.76 bits per heavy atom. The highest BCUT2D eigenvalue weighted by Gasteiger charge is 2.52. The zero-order chi connectivity index (χ0) is 12.7. The van der Waals surface area contributed by atoms with E-state index in [2.05, 4.69) is 32.9 Å². The first-order valence-corrected chi connectivity index (χ1v) is 6.54. The number of epoxide rings is 1. The van der Waals surface area contributed by atoms with Crippen LogP contribution in [0, 0.1) is 5.41 Å². The summed E-state index contributed by atoms with van der Waals surface area (Å²) in [6.07, 6.45) is 9.20. The maximum atomic E-state index is 9.98. The third-order valence-corrected chi connectivity index (χ3v) is 4.05. The van der Waals surface area contributed by atoms with Crippen molar-refractivity contribution in [3.8, 4) is 0 Å². The van der Waals surface area contributed by atoms with Crippen molar-refractivity contribution in [3.63, 3.8) is 0 Å². The minimum absolute atomic E-state index is 0.0666. The van der Waals surface area contributed by atoms with Gasteiger partial charge in [-0.3, -0.25) is 0 Å². The van der Waals surface area contributed by atoms with Gasteiger partial charge in [-0.25, -0.2) is 0 Å². The van der Waals surface area contributed by atoms with Gasteiger partial charge in [0.15, 0.2) is 0 Å². The van der Waals surface area contributed by atoms with Crippen LogP contribution in [-0.4, -0.2) is 22.9 Å². The summed E-state index contributed by atoms with van der Waals surface area (Å²) in [4.78, 5) is 0. The van der Waals surface area contributed by atoms with E-state index >= 15 is 0 Å². The highest BCUT2D eigenvalue weighted by molar-refractivity contribution is 5.17. The molecule has 0 aromatic carbocycles. The Morgan fingerprint density at radius 1 is 1.35 bits per heavy atom. The quantitative estimate of drug-likeness (QED) is 0.517. The molecule has 1 aliphatic heterocycles. The molecule has 1 aliphatic carbocycles. The molecular formula is C15H24O2. The van der Waals surface area contributed by atoms with Crippen LogP contribution in [0.3, 0.4) is 0 Å². The smallest absolute Gasteiger partial charge is 0.0929 e. The van der Waals surface area contributed by atoms with E-state index in [-0.39, 0.29) is 11.0 Å². The number of aliphatic hydroxyl groups excluding tert-OH is 1. The van der Waals surface area contributed by atoms with Crippen molar-refractivity contribution in [3.05, 3.63) is 23.8 Å². The van der Waals surface area contributed by atoms with Crippen LogP contribution < -0.4 is 0 Å². The van der Waals surface area contributed by atoms with Gasteiger partial charge < -0.3 is 9.84 Å². The molecule has 2 nitrogen and oxygen atoms in total. The van der Waals surface area contributed by atoms with Gasteiger partial charge in [0.2, 0.25) is 0 Å². The van der Waals surface area contributed by atoms with Crippen molar-refractivity contribution in [2.24, 2.45) is 5.41 Å². The van der Waals surface area contributed by atoms with Crippen molar-refractivity contribution in [1.29, 1.82) is 0 Å². The average molecular weight is 236 g/mol. The Labute approximate surface area is 104 Å². The first-order valence-electron chi connectivity index (χ1n) is 6.54. The van der Waals surface area contributed by atoms with Gasteiger partial charge in [-0.15, -0.1) is 0 Å². The molecule has 0 amide bonds. The number of hydrogen-bond acceptors (Lipinski definition) is 2. The third kappa shape index (κ3) is 2.99. The second-order valence-electron chi connectivity index (χ2n) is 6.40. The van der Waals surface area contributed by atoms with Crippen LogP contribution in [0.1, 0.15) is 47.0 Å². The maximum Gasteiger partial charge on any atom is 0.0929 e. The second kappa shape index (κ2) is 4.25. The molecule has 2 rings (SSSR count). The summed E-state index contributed by atoms with van der Waals surface area (Å²) in [5.74, 6) is 0. The fourth-order valence-corrected chi connectivity index (χ4v) is 2.52. The molecule has 1 heterocycles. The first-order chi connectivity index (χ1) is 7.82. The molecule has 0 saturated carbocycles. The van der Waals surface area contributed by atoms with Crippen LogP contribution >= 0.6 is 0 Å². The predicted octanol–water partition coefficient (Wildman–Crippen LogP) is 3.22. The molecular weight excluding hydrogens is 212 g/mol. The van der Waals surface area contributed by atoms with Crippen molar-refractivity contribution in [2.45, 2.75) is 64.8 Å². The fraction of sp³-hybridized carbons (Fsp3) is 0.733. The number of hydrogen-bond donors (Lipinski definition) is 1. The molecule has 1 N–H and O–H groups in total. The van der Waals surface area contributed by atoms with Gasteiger partial charge in [0, 0.05) is 0 Å². The van der Waals surface area contributed by atoms with Crippen molar-refractivity contribution in [2.75, 3.05) is 0 Å². The Bertz CT molecular complexity index is 354. The molecule has 2 aliphatic rings. The van der Waals surface area contributed by atoms with E-state index in [0.717, 1.165) is 24.8 Å².